The molecule has 15 heavy (non-hydrogen) atoms. The molecule has 0 amide bonds. The van der Waals surface area contributed by atoms with Gasteiger partial charge in [0.1, 0.15) is 4.75 Å². The van der Waals surface area contributed by atoms with Crippen LogP contribution in [-0.2, 0) is 4.79 Å². The monoisotopic (exact) mass is 222 g/mol. The topological polar surface area (TPSA) is 37.3 Å². The number of aryl methyl sites for hydroxylation is 1. The minimum Gasteiger partial charge on any atom is -0.480 e. The summed E-state index contributed by atoms with van der Waals surface area (Å²) in [5.74, 6) is -0.401. The highest BCUT2D eigenvalue weighted by atomic mass is 32.2. The van der Waals surface area contributed by atoms with Crippen LogP contribution in [0.15, 0.2) is 29.2 Å². The molecule has 0 aromatic heterocycles. The zero-order valence-electron chi connectivity index (χ0n) is 8.86. The predicted molar refractivity (Wildman–Crippen MR) is 61.2 cm³/mol. The maximum absolute atomic E-state index is 11.2. The van der Waals surface area contributed by atoms with Gasteiger partial charge in [-0.25, -0.2) is 0 Å². The SMILES string of the molecule is Cc1cccc(SC2(C(=O)O)CC2C)c1. The van der Waals surface area contributed by atoms with E-state index in [1.54, 1.807) is 0 Å². The van der Waals surface area contributed by atoms with Gasteiger partial charge in [-0.05, 0) is 31.4 Å². The molecular formula is C12H14O2S. The summed E-state index contributed by atoms with van der Waals surface area (Å²) in [5.41, 5.74) is 1.17. The molecule has 0 bridgehead atoms. The normalized spacial score (nSPS) is 28.8. The van der Waals surface area contributed by atoms with Gasteiger partial charge in [-0.2, -0.15) is 0 Å². The summed E-state index contributed by atoms with van der Waals surface area (Å²) in [6.45, 7) is 4.02. The van der Waals surface area contributed by atoms with E-state index < -0.39 is 10.7 Å². The third kappa shape index (κ3) is 1.88. The fourth-order valence-corrected chi connectivity index (χ4v) is 3.20. The van der Waals surface area contributed by atoms with Crippen LogP contribution in [0.25, 0.3) is 0 Å². The van der Waals surface area contributed by atoms with Gasteiger partial charge in [0.05, 0.1) is 0 Å². The van der Waals surface area contributed by atoms with E-state index in [9.17, 15) is 9.90 Å². The standard InChI is InChI=1S/C12H14O2S/c1-8-4-3-5-10(6-8)15-12(11(13)14)7-9(12)2/h3-6,9H,7H2,1-2H3,(H,13,14). The number of rotatable bonds is 3. The second-order valence-electron chi connectivity index (χ2n) is 4.22. The molecule has 0 aliphatic heterocycles. The number of carbonyl (C=O) groups is 1. The van der Waals surface area contributed by atoms with E-state index in [0.29, 0.717) is 0 Å². The van der Waals surface area contributed by atoms with Gasteiger partial charge in [0.2, 0.25) is 0 Å². The molecule has 0 radical (unpaired) electrons. The summed E-state index contributed by atoms with van der Waals surface area (Å²) in [4.78, 5) is 12.2. The van der Waals surface area contributed by atoms with Crippen LogP contribution in [-0.4, -0.2) is 15.8 Å². The van der Waals surface area contributed by atoms with Crippen LogP contribution >= 0.6 is 11.8 Å². The average molecular weight is 222 g/mol. The summed E-state index contributed by atoms with van der Waals surface area (Å²) in [6.07, 6.45) is 0.779. The third-order valence-corrected chi connectivity index (χ3v) is 4.49. The molecule has 1 fully saturated rings. The third-order valence-electron chi connectivity index (χ3n) is 2.90. The Labute approximate surface area is 93.7 Å². The van der Waals surface area contributed by atoms with Crippen LogP contribution in [0.1, 0.15) is 18.9 Å². The zero-order chi connectivity index (χ0) is 11.1. The van der Waals surface area contributed by atoms with Crippen LogP contribution in [0, 0.1) is 12.8 Å². The van der Waals surface area contributed by atoms with E-state index in [0.717, 1.165) is 11.3 Å². The second kappa shape index (κ2) is 3.56. The molecule has 2 unspecified atom stereocenters. The molecule has 1 N–H and O–H groups in total. The molecular weight excluding hydrogens is 208 g/mol. The van der Waals surface area contributed by atoms with Gasteiger partial charge in [0.15, 0.2) is 0 Å². The lowest BCUT2D eigenvalue weighted by atomic mass is 10.2. The van der Waals surface area contributed by atoms with Crippen LogP contribution in [0.5, 0.6) is 0 Å². The number of hydrogen-bond donors (Lipinski definition) is 1. The Balaban J connectivity index is 2.19. The zero-order valence-corrected chi connectivity index (χ0v) is 9.67. The van der Waals surface area contributed by atoms with E-state index in [1.165, 1.54) is 17.3 Å². The fraction of sp³-hybridized carbons (Fsp3) is 0.417. The highest BCUT2D eigenvalue weighted by molar-refractivity contribution is 8.01. The molecule has 0 spiro atoms. The molecule has 0 saturated heterocycles. The highest BCUT2D eigenvalue weighted by Crippen LogP contribution is 2.56. The second-order valence-corrected chi connectivity index (χ2v) is 5.62. The molecule has 1 aliphatic rings. The minimum atomic E-state index is -0.679. The number of thioether (sulfide) groups is 1. The van der Waals surface area contributed by atoms with Gasteiger partial charge in [0.25, 0.3) is 0 Å². The smallest absolute Gasteiger partial charge is 0.320 e. The Morgan fingerprint density at radius 3 is 2.73 bits per heavy atom. The number of aliphatic carboxylic acids is 1. The van der Waals surface area contributed by atoms with Crippen molar-refractivity contribution in [3.63, 3.8) is 0 Å². The molecule has 2 rings (SSSR count). The Morgan fingerprint density at radius 1 is 1.60 bits per heavy atom. The summed E-state index contributed by atoms with van der Waals surface area (Å²) >= 11 is 1.49. The summed E-state index contributed by atoms with van der Waals surface area (Å²) in [5, 5.41) is 9.18. The highest BCUT2D eigenvalue weighted by Gasteiger charge is 2.58. The summed E-state index contributed by atoms with van der Waals surface area (Å²) in [6, 6.07) is 8.02. The molecule has 3 heteroatoms. The van der Waals surface area contributed by atoms with Crippen molar-refractivity contribution in [2.45, 2.75) is 29.9 Å². The lowest BCUT2D eigenvalue weighted by molar-refractivity contribution is -0.137. The van der Waals surface area contributed by atoms with Crippen molar-refractivity contribution >= 4 is 17.7 Å². The van der Waals surface area contributed by atoms with Crippen LogP contribution in [0.2, 0.25) is 0 Å². The number of benzene rings is 1. The van der Waals surface area contributed by atoms with Crippen LogP contribution in [0.4, 0.5) is 0 Å². The predicted octanol–water partition coefficient (Wildman–Crippen LogP) is 2.95. The van der Waals surface area contributed by atoms with Crippen molar-refractivity contribution in [1.82, 2.24) is 0 Å². The van der Waals surface area contributed by atoms with Gasteiger partial charge in [-0.3, -0.25) is 4.79 Å². The quantitative estimate of drug-likeness (QED) is 0.854. The van der Waals surface area contributed by atoms with Crippen LogP contribution in [0.3, 0.4) is 0 Å². The Morgan fingerprint density at radius 2 is 2.27 bits per heavy atom. The first-order chi connectivity index (χ1) is 7.04. The molecule has 1 saturated carbocycles. The summed E-state index contributed by atoms with van der Waals surface area (Å²) < 4.78 is -0.562. The minimum absolute atomic E-state index is 0.278. The molecule has 80 valence electrons. The molecule has 1 aliphatic carbocycles. The van der Waals surface area contributed by atoms with Gasteiger partial charge in [-0.1, -0.05) is 24.6 Å². The van der Waals surface area contributed by atoms with Gasteiger partial charge in [0, 0.05) is 4.90 Å². The van der Waals surface area contributed by atoms with E-state index >= 15 is 0 Å². The van der Waals surface area contributed by atoms with Gasteiger partial charge < -0.3 is 5.11 Å². The number of carboxylic acid groups (broad SMARTS) is 1. The van der Waals surface area contributed by atoms with E-state index in [-0.39, 0.29) is 5.92 Å². The Kier molecular flexibility index (Phi) is 2.51. The fourth-order valence-electron chi connectivity index (χ4n) is 1.77. The van der Waals surface area contributed by atoms with Crippen LogP contribution < -0.4 is 0 Å². The first kappa shape index (κ1) is 10.6. The molecule has 0 heterocycles. The van der Waals surface area contributed by atoms with E-state index in [2.05, 4.69) is 0 Å². The summed E-state index contributed by atoms with van der Waals surface area (Å²) in [7, 11) is 0. The maximum atomic E-state index is 11.2. The molecule has 1 aromatic carbocycles. The molecule has 2 atom stereocenters. The molecule has 2 nitrogen and oxygen atoms in total. The van der Waals surface area contributed by atoms with Crippen molar-refractivity contribution in [1.29, 1.82) is 0 Å². The van der Waals surface area contributed by atoms with Crippen molar-refractivity contribution in [3.05, 3.63) is 29.8 Å². The van der Waals surface area contributed by atoms with Crippen molar-refractivity contribution in [2.24, 2.45) is 5.92 Å². The lowest BCUT2D eigenvalue weighted by Crippen LogP contribution is -2.19. The van der Waals surface area contributed by atoms with E-state index in [4.69, 9.17) is 0 Å². The average Bonchev–Trinajstić information content (AvgIpc) is 2.78. The number of carboxylic acids is 1. The molecule has 1 aromatic rings. The van der Waals surface area contributed by atoms with E-state index in [1.807, 2.05) is 38.1 Å². The van der Waals surface area contributed by atoms with Crippen molar-refractivity contribution < 1.29 is 9.90 Å². The lowest BCUT2D eigenvalue weighted by Gasteiger charge is -2.10. The maximum Gasteiger partial charge on any atom is 0.320 e. The Hall–Kier alpha value is -0.960. The number of hydrogen-bond acceptors (Lipinski definition) is 2. The largest absolute Gasteiger partial charge is 0.480 e. The first-order valence-electron chi connectivity index (χ1n) is 5.04. The van der Waals surface area contributed by atoms with Crippen molar-refractivity contribution in [3.8, 4) is 0 Å². The Bertz CT molecular complexity index is 402. The first-order valence-corrected chi connectivity index (χ1v) is 5.85. The van der Waals surface area contributed by atoms with Gasteiger partial charge >= 0.3 is 5.97 Å². The van der Waals surface area contributed by atoms with Gasteiger partial charge in [-0.15, -0.1) is 11.8 Å². The van der Waals surface area contributed by atoms with Crippen molar-refractivity contribution in [2.75, 3.05) is 0 Å².